The van der Waals surface area contributed by atoms with Gasteiger partial charge in [0.1, 0.15) is 11.7 Å². The third kappa shape index (κ3) is 4.69. The molecule has 2 saturated carbocycles. The Morgan fingerprint density at radius 3 is 2.46 bits per heavy atom. The van der Waals surface area contributed by atoms with Crippen LogP contribution in [0.15, 0.2) is 28.2 Å². The lowest BCUT2D eigenvalue weighted by molar-refractivity contribution is 0.174. The minimum atomic E-state index is 0.457. The van der Waals surface area contributed by atoms with Crippen LogP contribution >= 0.6 is 0 Å². The van der Waals surface area contributed by atoms with E-state index in [9.17, 15) is 0 Å². The summed E-state index contributed by atoms with van der Waals surface area (Å²) in [5, 5.41) is 12.6. The summed E-state index contributed by atoms with van der Waals surface area (Å²) in [4.78, 5) is 12.3. The number of nitrogens with zero attached hydrogens (tertiary/aromatic N) is 2. The highest BCUT2D eigenvalue weighted by Gasteiger charge is 2.33. The van der Waals surface area contributed by atoms with E-state index >= 15 is 0 Å². The van der Waals surface area contributed by atoms with Gasteiger partial charge >= 0.3 is 0 Å². The summed E-state index contributed by atoms with van der Waals surface area (Å²) in [6, 6.07) is 1.26. The Morgan fingerprint density at radius 1 is 1.14 bits per heavy atom. The molecule has 7 nitrogen and oxygen atoms in total. The van der Waals surface area contributed by atoms with Crippen LogP contribution in [0.3, 0.4) is 0 Å². The molecule has 4 rings (SSSR count). The Hall–Kier alpha value is -2.02. The summed E-state index contributed by atoms with van der Waals surface area (Å²) < 4.78 is 0. The van der Waals surface area contributed by atoms with Crippen molar-refractivity contribution in [3.63, 3.8) is 0 Å². The van der Waals surface area contributed by atoms with Crippen molar-refractivity contribution in [1.82, 2.24) is 15.7 Å². The lowest BCUT2D eigenvalue weighted by Crippen LogP contribution is -2.48. The number of aliphatic imine (C=N–C) groups is 1. The van der Waals surface area contributed by atoms with Crippen LogP contribution in [0.25, 0.3) is 0 Å². The van der Waals surface area contributed by atoms with Crippen LogP contribution in [0.4, 0.5) is 0 Å². The summed E-state index contributed by atoms with van der Waals surface area (Å²) in [5.41, 5.74) is 10.2. The third-order valence-corrected chi connectivity index (χ3v) is 6.18. The molecule has 0 radical (unpaired) electrons. The van der Waals surface area contributed by atoms with Crippen molar-refractivity contribution in [3.05, 3.63) is 23.2 Å². The molecule has 2 heterocycles. The second-order valence-electron chi connectivity index (χ2n) is 8.69. The van der Waals surface area contributed by atoms with Gasteiger partial charge < -0.3 is 20.8 Å². The zero-order chi connectivity index (χ0) is 19.5. The van der Waals surface area contributed by atoms with Gasteiger partial charge in [0, 0.05) is 36.8 Å². The van der Waals surface area contributed by atoms with Crippen LogP contribution in [-0.2, 0) is 4.84 Å². The summed E-state index contributed by atoms with van der Waals surface area (Å²) in [6.07, 6.45) is 13.0. The van der Waals surface area contributed by atoms with E-state index in [1.54, 1.807) is 0 Å². The van der Waals surface area contributed by atoms with E-state index < -0.39 is 0 Å². The number of likely N-dealkylation sites (tertiary alicyclic amines) is 1. The molecule has 0 bridgehead atoms. The highest BCUT2D eigenvalue weighted by atomic mass is 16.7. The molecule has 3 fully saturated rings. The molecule has 0 aromatic carbocycles. The number of nitrogens with one attached hydrogen (secondary N) is 3. The fourth-order valence-electron chi connectivity index (χ4n) is 4.40. The van der Waals surface area contributed by atoms with Gasteiger partial charge in [-0.2, -0.15) is 4.99 Å². The summed E-state index contributed by atoms with van der Waals surface area (Å²) >= 11 is 0. The molecule has 0 aromatic rings. The highest BCUT2D eigenvalue weighted by Crippen LogP contribution is 2.33. The van der Waals surface area contributed by atoms with Crippen molar-refractivity contribution < 1.29 is 4.84 Å². The Labute approximate surface area is 167 Å². The van der Waals surface area contributed by atoms with Gasteiger partial charge in [0.2, 0.25) is 0 Å². The van der Waals surface area contributed by atoms with Gasteiger partial charge in [-0.3, -0.25) is 5.41 Å². The summed E-state index contributed by atoms with van der Waals surface area (Å²) in [5.74, 6) is 2.30. The predicted octanol–water partition coefficient (Wildman–Crippen LogP) is 2.77. The van der Waals surface area contributed by atoms with Gasteiger partial charge in [0.05, 0.1) is 5.57 Å². The van der Waals surface area contributed by atoms with Crippen molar-refractivity contribution in [2.75, 3.05) is 13.1 Å². The molecule has 0 spiro atoms. The highest BCUT2D eigenvalue weighted by molar-refractivity contribution is 6.00. The molecule has 28 heavy (non-hydrogen) atoms. The molecule has 0 amide bonds. The minimum absolute atomic E-state index is 0.457. The van der Waals surface area contributed by atoms with Crippen LogP contribution < -0.4 is 16.5 Å². The quantitative estimate of drug-likeness (QED) is 0.430. The number of hydrogen-bond donors (Lipinski definition) is 4. The molecule has 2 aliphatic heterocycles. The average molecular weight is 387 g/mol. The molecule has 154 valence electrons. The van der Waals surface area contributed by atoms with Crippen LogP contribution in [0, 0.1) is 11.3 Å². The number of rotatable bonds is 5. The topological polar surface area (TPSA) is 98.8 Å². The van der Waals surface area contributed by atoms with Crippen molar-refractivity contribution in [1.29, 1.82) is 5.41 Å². The van der Waals surface area contributed by atoms with Crippen molar-refractivity contribution in [2.45, 2.75) is 76.8 Å². The molecule has 7 heteroatoms. The number of allylic oxidation sites excluding steroid dienone is 1. The SMILES string of the molecule is C/C(N)=C/C(C(=N)N1CCC(NC2CCCCC2)CC1)=C1/N=C(C2CC2)NO1. The standard InChI is InChI=1S/C21H34N6O/c1-14(22)13-18(21-25-20(26-28-21)15-7-8-15)19(23)27-11-9-17(10-12-27)24-16-5-3-2-4-6-16/h13,15-17,23-24H,2-12,22H2,1H3,(H,25,26)/b14-13-,21-18+,23-19?. The second kappa shape index (κ2) is 8.55. The normalized spacial score (nSPS) is 26.5. The zero-order valence-corrected chi connectivity index (χ0v) is 17.0. The second-order valence-corrected chi connectivity index (χ2v) is 8.69. The van der Waals surface area contributed by atoms with Gasteiger partial charge in [0.25, 0.3) is 5.88 Å². The van der Waals surface area contributed by atoms with Crippen molar-refractivity contribution in [3.8, 4) is 0 Å². The summed E-state index contributed by atoms with van der Waals surface area (Å²) in [6.45, 7) is 3.59. The van der Waals surface area contributed by atoms with Crippen molar-refractivity contribution in [2.24, 2.45) is 16.6 Å². The first-order chi connectivity index (χ1) is 13.6. The lowest BCUT2D eigenvalue weighted by Gasteiger charge is -2.36. The number of amidine groups is 2. The Balaban J connectivity index is 1.39. The van der Waals surface area contributed by atoms with E-state index in [1.807, 2.05) is 13.0 Å². The van der Waals surface area contributed by atoms with Crippen LogP contribution in [-0.4, -0.2) is 41.7 Å². The fraction of sp³-hybridized carbons (Fsp3) is 0.714. The molecule has 5 N–H and O–H groups in total. The van der Waals surface area contributed by atoms with Gasteiger partial charge in [-0.15, -0.1) is 0 Å². The molecule has 4 aliphatic rings. The number of hydroxylamine groups is 1. The maximum atomic E-state index is 8.78. The largest absolute Gasteiger partial charge is 0.402 e. The number of hydrogen-bond acceptors (Lipinski definition) is 6. The zero-order valence-electron chi connectivity index (χ0n) is 17.0. The number of piperidine rings is 1. The molecule has 2 aliphatic carbocycles. The van der Waals surface area contributed by atoms with Gasteiger partial charge in [-0.25, -0.2) is 5.48 Å². The molecule has 0 aromatic heterocycles. The number of nitrogens with two attached hydrogens (primary N) is 1. The molecule has 1 saturated heterocycles. The minimum Gasteiger partial charge on any atom is -0.402 e. The van der Waals surface area contributed by atoms with E-state index in [1.165, 1.54) is 32.1 Å². The predicted molar refractivity (Wildman–Crippen MR) is 112 cm³/mol. The Kier molecular flexibility index (Phi) is 5.90. The lowest BCUT2D eigenvalue weighted by atomic mass is 9.93. The van der Waals surface area contributed by atoms with E-state index in [0.29, 0.717) is 41.0 Å². The molecule has 0 unspecified atom stereocenters. The van der Waals surface area contributed by atoms with Crippen LogP contribution in [0.5, 0.6) is 0 Å². The maximum absolute atomic E-state index is 8.78. The van der Waals surface area contributed by atoms with Crippen LogP contribution in [0.1, 0.15) is 64.7 Å². The van der Waals surface area contributed by atoms with Crippen molar-refractivity contribution >= 4 is 11.7 Å². The van der Waals surface area contributed by atoms with Gasteiger partial charge in [-0.05, 0) is 51.5 Å². The first-order valence-electron chi connectivity index (χ1n) is 10.9. The average Bonchev–Trinajstić information content (AvgIpc) is 3.44. The van der Waals surface area contributed by atoms with E-state index in [-0.39, 0.29) is 0 Å². The van der Waals surface area contributed by atoms with Gasteiger partial charge in [-0.1, -0.05) is 19.3 Å². The maximum Gasteiger partial charge on any atom is 0.258 e. The Morgan fingerprint density at radius 2 is 1.82 bits per heavy atom. The first-order valence-corrected chi connectivity index (χ1v) is 10.9. The summed E-state index contributed by atoms with van der Waals surface area (Å²) in [7, 11) is 0. The van der Waals surface area contributed by atoms with E-state index in [4.69, 9.17) is 16.0 Å². The van der Waals surface area contributed by atoms with Gasteiger partial charge in [0.15, 0.2) is 0 Å². The third-order valence-electron chi connectivity index (χ3n) is 6.18. The smallest absolute Gasteiger partial charge is 0.258 e. The molecule has 0 atom stereocenters. The fourth-order valence-corrected chi connectivity index (χ4v) is 4.40. The molecular weight excluding hydrogens is 352 g/mol. The van der Waals surface area contributed by atoms with E-state index in [0.717, 1.165) is 44.6 Å². The Bertz CT molecular complexity index is 675. The van der Waals surface area contributed by atoms with Crippen LogP contribution in [0.2, 0.25) is 0 Å². The van der Waals surface area contributed by atoms with E-state index in [2.05, 4.69) is 20.7 Å². The molecular formula is C21H34N6O. The monoisotopic (exact) mass is 386 g/mol. The first kappa shape index (κ1) is 19.3.